The van der Waals surface area contributed by atoms with Crippen molar-refractivity contribution in [1.29, 1.82) is 0 Å². The number of esters is 4. The Morgan fingerprint density at radius 3 is 1.26 bits per heavy atom. The van der Waals surface area contributed by atoms with Crippen molar-refractivity contribution in [2.45, 2.75) is 37.5 Å². The highest BCUT2D eigenvalue weighted by atomic mass is 35.5. The highest BCUT2D eigenvalue weighted by molar-refractivity contribution is 6.31. The molecule has 18 nitrogen and oxygen atoms in total. The van der Waals surface area contributed by atoms with Crippen molar-refractivity contribution in [1.82, 2.24) is 9.80 Å². The van der Waals surface area contributed by atoms with E-state index in [0.717, 1.165) is 26.0 Å². The molecule has 6 rings (SSSR count). The topological polar surface area (TPSA) is 195 Å². The van der Waals surface area contributed by atoms with Crippen molar-refractivity contribution in [2.24, 2.45) is 0 Å². The van der Waals surface area contributed by atoms with Crippen LogP contribution in [0, 0.1) is 0 Å². The number of halogens is 2. The summed E-state index contributed by atoms with van der Waals surface area (Å²) in [6, 6.07) is 21.6. The van der Waals surface area contributed by atoms with Crippen LogP contribution in [0.15, 0.2) is 97.1 Å². The average Bonchev–Trinajstić information content (AvgIpc) is 3.44. The number of carbonyl (C=O) groups is 6. The monoisotopic (exact) mass is 974 g/mol. The first-order valence-electron chi connectivity index (χ1n) is 21.2. The zero-order valence-corrected chi connectivity index (χ0v) is 40.2. The third-order valence-electron chi connectivity index (χ3n) is 10.9. The lowest BCUT2D eigenvalue weighted by Crippen LogP contribution is -2.57. The molecule has 2 N–H and O–H groups in total. The largest absolute Gasteiger partial charge is 0.497 e. The molecule has 0 saturated carbocycles. The molecule has 2 heterocycles. The molecule has 0 saturated heterocycles. The zero-order chi connectivity index (χ0) is 49.5. The fourth-order valence-electron chi connectivity index (χ4n) is 7.67. The van der Waals surface area contributed by atoms with Crippen LogP contribution in [0.25, 0.3) is 0 Å². The van der Waals surface area contributed by atoms with Crippen LogP contribution in [0.3, 0.4) is 0 Å². The fourth-order valence-corrected chi connectivity index (χ4v) is 8.01. The molecular formula is C48H52Cl2N6O12. The summed E-state index contributed by atoms with van der Waals surface area (Å²) < 4.78 is 34.8. The minimum atomic E-state index is -2.33. The number of fused-ring (bicyclic) bond motifs is 2. The maximum absolute atomic E-state index is 14.9. The Bertz CT molecular complexity index is 2400. The van der Waals surface area contributed by atoms with Crippen molar-refractivity contribution >= 4 is 81.6 Å². The molecule has 2 aliphatic rings. The van der Waals surface area contributed by atoms with Crippen molar-refractivity contribution in [3.05, 3.63) is 118 Å². The van der Waals surface area contributed by atoms with Crippen LogP contribution in [-0.2, 0) is 59.2 Å². The number of likely N-dealkylation sites (N-methyl/N-ethyl adjacent to an activating group) is 2. The van der Waals surface area contributed by atoms with Crippen LogP contribution >= 0.6 is 23.2 Å². The average molecular weight is 976 g/mol. The molecule has 68 heavy (non-hydrogen) atoms. The lowest BCUT2D eigenvalue weighted by molar-refractivity contribution is -0.183. The zero-order valence-electron chi connectivity index (χ0n) is 38.7. The van der Waals surface area contributed by atoms with Crippen LogP contribution in [0.4, 0.5) is 22.7 Å². The highest BCUT2D eigenvalue weighted by Crippen LogP contribution is 2.45. The predicted octanol–water partition coefficient (Wildman–Crippen LogP) is 5.56. The normalized spacial score (nSPS) is 20.1. The van der Waals surface area contributed by atoms with Gasteiger partial charge in [0.2, 0.25) is 12.2 Å². The number of nitrogens with zero attached hydrogens (tertiary/aromatic N) is 4. The van der Waals surface area contributed by atoms with E-state index < -0.39 is 59.3 Å². The Kier molecular flexibility index (Phi) is 15.9. The van der Waals surface area contributed by atoms with E-state index in [2.05, 4.69) is 10.6 Å². The second-order valence-corrected chi connectivity index (χ2v) is 17.1. The Labute approximate surface area is 403 Å². The lowest BCUT2D eigenvalue weighted by atomic mass is 9.94. The van der Waals surface area contributed by atoms with Gasteiger partial charge in [-0.15, -0.1) is 0 Å². The van der Waals surface area contributed by atoms with Gasteiger partial charge in [-0.2, -0.15) is 0 Å². The van der Waals surface area contributed by atoms with E-state index in [1.54, 1.807) is 48.5 Å². The molecule has 0 aromatic heterocycles. The first-order valence-corrected chi connectivity index (χ1v) is 21.9. The van der Waals surface area contributed by atoms with Gasteiger partial charge in [-0.25, -0.2) is 9.59 Å². The molecule has 2 aliphatic heterocycles. The number of rotatable bonds is 16. The second kappa shape index (κ2) is 21.4. The van der Waals surface area contributed by atoms with Gasteiger partial charge in [0.25, 0.3) is 23.3 Å². The number of anilines is 4. The van der Waals surface area contributed by atoms with E-state index in [9.17, 15) is 28.8 Å². The van der Waals surface area contributed by atoms with Gasteiger partial charge in [0.15, 0.2) is 0 Å². The van der Waals surface area contributed by atoms with Gasteiger partial charge in [0.1, 0.15) is 11.5 Å². The molecule has 360 valence electrons. The minimum Gasteiger partial charge on any atom is -0.497 e. The van der Waals surface area contributed by atoms with Crippen molar-refractivity contribution in [3.8, 4) is 11.5 Å². The maximum Gasteiger partial charge on any atom is 0.333 e. The first kappa shape index (κ1) is 50.6. The van der Waals surface area contributed by atoms with E-state index in [4.69, 9.17) is 51.6 Å². The summed E-state index contributed by atoms with van der Waals surface area (Å²) in [6.07, 6.45) is -2.30. The Balaban J connectivity index is 1.47. The summed E-state index contributed by atoms with van der Waals surface area (Å²) in [5, 5.41) is 6.85. The molecule has 20 heteroatoms. The minimum absolute atomic E-state index is 0.114. The van der Waals surface area contributed by atoms with Crippen LogP contribution in [0.5, 0.6) is 11.5 Å². The van der Waals surface area contributed by atoms with Crippen LogP contribution in [0.2, 0.25) is 10.0 Å². The van der Waals surface area contributed by atoms with E-state index in [0.29, 0.717) is 36.0 Å². The Morgan fingerprint density at radius 1 is 0.603 bits per heavy atom. The quantitative estimate of drug-likeness (QED) is 0.0804. The van der Waals surface area contributed by atoms with Crippen LogP contribution < -0.4 is 29.9 Å². The number of methoxy groups -OCH3 is 2. The number of amides is 2. The fraction of sp³-hybridized carbons (Fsp3) is 0.333. The molecular weight excluding hydrogens is 923 g/mol. The lowest BCUT2D eigenvalue weighted by Gasteiger charge is -2.38. The highest BCUT2D eigenvalue weighted by Gasteiger charge is 2.56. The third-order valence-corrected chi connectivity index (χ3v) is 11.4. The summed E-state index contributed by atoms with van der Waals surface area (Å²) >= 11 is 13.0. The number of carbonyl (C=O) groups excluding carboxylic acids is 6. The number of ether oxygens (including phenoxy) is 6. The summed E-state index contributed by atoms with van der Waals surface area (Å²) in [7, 11) is 10.2. The molecule has 0 bridgehead atoms. The van der Waals surface area contributed by atoms with Crippen LogP contribution in [0.1, 0.15) is 25.0 Å². The summed E-state index contributed by atoms with van der Waals surface area (Å²) in [5.41, 5.74) is -3.27. The number of hydrogen-bond acceptors (Lipinski definition) is 16. The van der Waals surface area contributed by atoms with Gasteiger partial charge < -0.3 is 58.7 Å². The van der Waals surface area contributed by atoms with Gasteiger partial charge in [0, 0.05) is 73.4 Å². The van der Waals surface area contributed by atoms with E-state index >= 15 is 0 Å². The maximum atomic E-state index is 14.9. The smallest absolute Gasteiger partial charge is 0.333 e. The molecule has 4 atom stereocenters. The molecule has 0 aliphatic carbocycles. The molecule has 4 aromatic carbocycles. The van der Waals surface area contributed by atoms with Crippen molar-refractivity contribution < 1.29 is 57.2 Å². The van der Waals surface area contributed by atoms with E-state index in [1.165, 1.54) is 60.4 Å². The standard InChI is InChI=1S/C48H52Cl2N6O12/c1-29(57)65-43-45(61)55(25-23-53(3)4)39-19-13-33(49)27-37(39)51-47(43,31-9-15-35(63-7)16-10-31)67-41(59)21-22-42(60)68-48(32-11-17-36(64-8)18-12-32)44(66-30(2)58)46(62)56(26-24-54(5)6)40-20-14-34(50)28-38(40)52-48/h9-22,27-28,43-44,51-52H,23-26H2,1-8H3/b22-21-/t43-,44-,47+,48+/m1/s1. The number of benzene rings is 4. The van der Waals surface area contributed by atoms with Crippen molar-refractivity contribution in [3.63, 3.8) is 0 Å². The van der Waals surface area contributed by atoms with E-state index in [1.807, 2.05) is 38.0 Å². The SMILES string of the molecule is COc1ccc([C@@]2(OC(=O)/C=C\C(=O)O[C@]3(c4ccc(OC)cc4)Nc4cc(Cl)ccc4N(CCN(C)C)C(=O)[C@H]3OC(C)=O)Nc3cc(Cl)ccc3N(CCN(C)C)C(=O)[C@H]2OC(C)=O)cc1. The summed E-state index contributed by atoms with van der Waals surface area (Å²) in [4.78, 5) is 90.8. The molecule has 4 aromatic rings. The van der Waals surface area contributed by atoms with Gasteiger partial charge in [-0.1, -0.05) is 23.2 Å². The molecule has 0 unspecified atom stereocenters. The van der Waals surface area contributed by atoms with Crippen molar-refractivity contribution in [2.75, 3.05) is 89.0 Å². The van der Waals surface area contributed by atoms with Gasteiger partial charge in [0.05, 0.1) is 37.0 Å². The summed E-state index contributed by atoms with van der Waals surface area (Å²) in [6.45, 7) is 3.19. The van der Waals surface area contributed by atoms with E-state index in [-0.39, 0.29) is 45.6 Å². The molecule has 2 amide bonds. The van der Waals surface area contributed by atoms with Gasteiger partial charge in [-0.3, -0.25) is 19.2 Å². The molecule has 0 spiro atoms. The third kappa shape index (κ3) is 11.1. The van der Waals surface area contributed by atoms with Gasteiger partial charge >= 0.3 is 23.9 Å². The Hall–Kier alpha value is -6.86. The number of nitrogens with one attached hydrogen (secondary N) is 2. The summed E-state index contributed by atoms with van der Waals surface area (Å²) in [5.74, 6) is -4.92. The van der Waals surface area contributed by atoms with Gasteiger partial charge in [-0.05, 0) is 113 Å². The molecule has 0 radical (unpaired) electrons. The first-order chi connectivity index (χ1) is 32.3. The molecule has 0 fully saturated rings. The van der Waals surface area contributed by atoms with Crippen LogP contribution in [-0.4, -0.2) is 126 Å². The number of hydrogen-bond donors (Lipinski definition) is 2. The second-order valence-electron chi connectivity index (χ2n) is 16.2. The Morgan fingerprint density at radius 2 is 0.956 bits per heavy atom. The predicted molar refractivity (Wildman–Crippen MR) is 254 cm³/mol.